The van der Waals surface area contributed by atoms with Gasteiger partial charge in [-0.1, -0.05) is 24.3 Å². The summed E-state index contributed by atoms with van der Waals surface area (Å²) in [5.41, 5.74) is 2.42. The summed E-state index contributed by atoms with van der Waals surface area (Å²) in [5, 5.41) is 11.2. The molecule has 0 saturated carbocycles. The van der Waals surface area contributed by atoms with Crippen LogP contribution in [0, 0.1) is 0 Å². The summed E-state index contributed by atoms with van der Waals surface area (Å²) in [4.78, 5) is 10.6. The van der Waals surface area contributed by atoms with Crippen molar-refractivity contribution in [1.82, 2.24) is 5.32 Å². The van der Waals surface area contributed by atoms with Gasteiger partial charge in [-0.15, -0.1) is 0 Å². The second kappa shape index (κ2) is 3.70. The van der Waals surface area contributed by atoms with E-state index in [1.807, 2.05) is 18.2 Å². The largest absolute Gasteiger partial charge is 0.465 e. The van der Waals surface area contributed by atoms with Crippen LogP contribution >= 0.6 is 0 Å². The molecule has 3 heteroatoms. The molecule has 1 aliphatic carbocycles. The zero-order valence-corrected chi connectivity index (χ0v) is 7.86. The van der Waals surface area contributed by atoms with E-state index in [0.29, 0.717) is 0 Å². The van der Waals surface area contributed by atoms with Crippen LogP contribution in [0.25, 0.3) is 0 Å². The fraction of sp³-hybridized carbons (Fsp3) is 0.364. The van der Waals surface area contributed by atoms with Gasteiger partial charge in [-0.2, -0.15) is 0 Å². The predicted molar refractivity (Wildman–Crippen MR) is 53.3 cm³/mol. The molecule has 0 radical (unpaired) electrons. The molecule has 1 amide bonds. The smallest absolute Gasteiger partial charge is 0.405 e. The fourth-order valence-electron chi connectivity index (χ4n) is 2.05. The maximum atomic E-state index is 10.6. The van der Waals surface area contributed by atoms with E-state index in [4.69, 9.17) is 5.11 Å². The van der Waals surface area contributed by atoms with E-state index in [0.717, 1.165) is 24.8 Å². The molecule has 0 spiro atoms. The Bertz CT molecular complexity index is 349. The van der Waals surface area contributed by atoms with E-state index < -0.39 is 6.09 Å². The molecule has 1 unspecified atom stereocenters. The zero-order valence-electron chi connectivity index (χ0n) is 7.86. The summed E-state index contributed by atoms with van der Waals surface area (Å²) in [5.74, 6) is 0. The van der Waals surface area contributed by atoms with Crippen LogP contribution < -0.4 is 5.32 Å². The first-order valence-corrected chi connectivity index (χ1v) is 4.84. The first kappa shape index (κ1) is 9.06. The van der Waals surface area contributed by atoms with Gasteiger partial charge in [0.1, 0.15) is 0 Å². The Kier molecular flexibility index (Phi) is 2.39. The molecule has 14 heavy (non-hydrogen) atoms. The van der Waals surface area contributed by atoms with Crippen molar-refractivity contribution in [3.8, 4) is 0 Å². The highest BCUT2D eigenvalue weighted by Crippen LogP contribution is 2.29. The number of carbonyl (C=O) groups is 1. The lowest BCUT2D eigenvalue weighted by Crippen LogP contribution is -2.29. The van der Waals surface area contributed by atoms with Gasteiger partial charge in [0.15, 0.2) is 0 Å². The zero-order chi connectivity index (χ0) is 9.97. The summed E-state index contributed by atoms with van der Waals surface area (Å²) in [6.45, 7) is 0. The molecule has 1 aliphatic rings. The molecule has 0 aromatic heterocycles. The highest BCUT2D eigenvalue weighted by Gasteiger charge is 2.20. The molecule has 74 valence electrons. The summed E-state index contributed by atoms with van der Waals surface area (Å²) in [6, 6.07) is 8.03. The normalized spacial score (nSPS) is 19.9. The van der Waals surface area contributed by atoms with Gasteiger partial charge in [0.05, 0.1) is 6.04 Å². The van der Waals surface area contributed by atoms with Gasteiger partial charge < -0.3 is 10.4 Å². The van der Waals surface area contributed by atoms with Crippen molar-refractivity contribution in [3.05, 3.63) is 35.4 Å². The molecule has 1 atom stereocenters. The van der Waals surface area contributed by atoms with Gasteiger partial charge in [-0.05, 0) is 30.4 Å². The second-order valence-electron chi connectivity index (χ2n) is 3.59. The standard InChI is InChI=1S/C11H13NO2/c13-11(14)12-10-7-3-5-8-4-1-2-6-9(8)10/h1-2,4,6,10,12H,3,5,7H2,(H,13,14). The average molecular weight is 191 g/mol. The Balaban J connectivity index is 2.26. The third-order valence-corrected chi connectivity index (χ3v) is 2.67. The lowest BCUT2D eigenvalue weighted by Gasteiger charge is -2.24. The average Bonchev–Trinajstić information content (AvgIpc) is 2.18. The van der Waals surface area contributed by atoms with Crippen molar-refractivity contribution in [2.24, 2.45) is 0 Å². The molecule has 2 rings (SSSR count). The van der Waals surface area contributed by atoms with Crippen LogP contribution in [0.4, 0.5) is 4.79 Å². The minimum atomic E-state index is -0.938. The predicted octanol–water partition coefficient (Wildman–Crippen LogP) is 2.33. The Morgan fingerprint density at radius 3 is 3.00 bits per heavy atom. The number of benzene rings is 1. The van der Waals surface area contributed by atoms with E-state index in [2.05, 4.69) is 11.4 Å². The quantitative estimate of drug-likeness (QED) is 0.715. The summed E-state index contributed by atoms with van der Waals surface area (Å²) in [7, 11) is 0. The van der Waals surface area contributed by atoms with Crippen molar-refractivity contribution in [2.75, 3.05) is 0 Å². The maximum absolute atomic E-state index is 10.6. The third-order valence-electron chi connectivity index (χ3n) is 2.67. The SMILES string of the molecule is O=C(O)NC1CCCc2ccccc21. The molecule has 0 heterocycles. The topological polar surface area (TPSA) is 49.3 Å². The number of nitrogens with one attached hydrogen (secondary N) is 1. The summed E-state index contributed by atoms with van der Waals surface area (Å²) >= 11 is 0. The van der Waals surface area contributed by atoms with Crippen LogP contribution in [0.2, 0.25) is 0 Å². The van der Waals surface area contributed by atoms with Crippen molar-refractivity contribution in [3.63, 3.8) is 0 Å². The van der Waals surface area contributed by atoms with Crippen LogP contribution in [-0.2, 0) is 6.42 Å². The number of fused-ring (bicyclic) bond motifs is 1. The van der Waals surface area contributed by atoms with Crippen LogP contribution in [-0.4, -0.2) is 11.2 Å². The summed E-state index contributed by atoms with van der Waals surface area (Å²) in [6.07, 6.45) is 2.09. The van der Waals surface area contributed by atoms with Gasteiger partial charge in [-0.25, -0.2) is 4.79 Å². The van der Waals surface area contributed by atoms with Gasteiger partial charge >= 0.3 is 6.09 Å². The Morgan fingerprint density at radius 1 is 1.43 bits per heavy atom. The first-order chi connectivity index (χ1) is 6.77. The van der Waals surface area contributed by atoms with Crippen molar-refractivity contribution < 1.29 is 9.90 Å². The number of hydrogen-bond acceptors (Lipinski definition) is 1. The van der Waals surface area contributed by atoms with Gasteiger partial charge in [0.2, 0.25) is 0 Å². The molecule has 0 saturated heterocycles. The minimum Gasteiger partial charge on any atom is -0.465 e. The number of rotatable bonds is 1. The summed E-state index contributed by atoms with van der Waals surface area (Å²) < 4.78 is 0. The monoisotopic (exact) mass is 191 g/mol. The van der Waals surface area contributed by atoms with Crippen LogP contribution in [0.3, 0.4) is 0 Å². The molecule has 0 aliphatic heterocycles. The Labute approximate surface area is 82.8 Å². The number of carboxylic acid groups (broad SMARTS) is 1. The van der Waals surface area contributed by atoms with Crippen LogP contribution in [0.5, 0.6) is 0 Å². The number of hydrogen-bond donors (Lipinski definition) is 2. The number of aryl methyl sites for hydroxylation is 1. The molecule has 0 bridgehead atoms. The molecular formula is C11H13NO2. The van der Waals surface area contributed by atoms with Gasteiger partial charge in [0.25, 0.3) is 0 Å². The molecule has 1 aromatic carbocycles. The number of amides is 1. The van der Waals surface area contributed by atoms with E-state index in [9.17, 15) is 4.79 Å². The van der Waals surface area contributed by atoms with E-state index in [1.54, 1.807) is 0 Å². The lowest BCUT2D eigenvalue weighted by molar-refractivity contribution is 0.188. The molecule has 0 fully saturated rings. The lowest BCUT2D eigenvalue weighted by atomic mass is 9.88. The molecule has 1 aromatic rings. The van der Waals surface area contributed by atoms with Crippen molar-refractivity contribution in [2.45, 2.75) is 25.3 Å². The first-order valence-electron chi connectivity index (χ1n) is 4.84. The van der Waals surface area contributed by atoms with E-state index in [-0.39, 0.29) is 6.04 Å². The van der Waals surface area contributed by atoms with Crippen LogP contribution in [0.15, 0.2) is 24.3 Å². The van der Waals surface area contributed by atoms with Crippen LogP contribution in [0.1, 0.15) is 30.0 Å². The molecular weight excluding hydrogens is 178 g/mol. The molecule has 3 nitrogen and oxygen atoms in total. The molecule has 2 N–H and O–H groups in total. The minimum absolute atomic E-state index is 0.0163. The van der Waals surface area contributed by atoms with E-state index in [1.165, 1.54) is 5.56 Å². The fourth-order valence-corrected chi connectivity index (χ4v) is 2.05. The Hall–Kier alpha value is -1.51. The highest BCUT2D eigenvalue weighted by atomic mass is 16.4. The maximum Gasteiger partial charge on any atom is 0.405 e. The highest BCUT2D eigenvalue weighted by molar-refractivity contribution is 5.65. The second-order valence-corrected chi connectivity index (χ2v) is 3.59. The van der Waals surface area contributed by atoms with Crippen molar-refractivity contribution in [1.29, 1.82) is 0 Å². The van der Waals surface area contributed by atoms with Gasteiger partial charge in [0, 0.05) is 0 Å². The van der Waals surface area contributed by atoms with E-state index >= 15 is 0 Å². The third kappa shape index (κ3) is 1.71. The van der Waals surface area contributed by atoms with Crippen molar-refractivity contribution >= 4 is 6.09 Å². The van der Waals surface area contributed by atoms with Gasteiger partial charge in [-0.3, -0.25) is 0 Å². The Morgan fingerprint density at radius 2 is 2.21 bits per heavy atom.